The number of benzene rings is 2. The van der Waals surface area contributed by atoms with Gasteiger partial charge in [-0.25, -0.2) is 0 Å². The number of nitriles is 1. The maximum Gasteiger partial charge on any atom is 0.248 e. The summed E-state index contributed by atoms with van der Waals surface area (Å²) in [6.07, 6.45) is 6.74. The topological polar surface area (TPSA) is 71.3 Å². The average Bonchev–Trinajstić information content (AvgIpc) is 2.64. The van der Waals surface area contributed by atoms with E-state index in [2.05, 4.69) is 11.4 Å². The minimum Gasteiger partial charge on any atom is -0.493 e. The third-order valence-corrected chi connectivity index (χ3v) is 3.19. The Kier molecular flexibility index (Phi) is 6.38. The molecule has 0 spiro atoms. The molecule has 1 amide bonds. The highest BCUT2D eigenvalue weighted by atomic mass is 16.5. The summed E-state index contributed by atoms with van der Waals surface area (Å²) < 4.78 is 11.0. The molecule has 0 aliphatic rings. The van der Waals surface area contributed by atoms with Gasteiger partial charge in [-0.3, -0.25) is 4.79 Å². The molecule has 0 aliphatic carbocycles. The van der Waals surface area contributed by atoms with E-state index in [1.807, 2.05) is 13.0 Å². The van der Waals surface area contributed by atoms with Crippen LogP contribution < -0.4 is 14.8 Å². The van der Waals surface area contributed by atoms with Crippen LogP contribution in [-0.2, 0) is 4.79 Å². The van der Waals surface area contributed by atoms with Gasteiger partial charge in [0.25, 0.3) is 0 Å². The first kappa shape index (κ1) is 17.8. The van der Waals surface area contributed by atoms with Gasteiger partial charge in [-0.15, -0.1) is 0 Å². The van der Waals surface area contributed by atoms with Gasteiger partial charge < -0.3 is 14.8 Å². The third kappa shape index (κ3) is 5.26. The van der Waals surface area contributed by atoms with Crippen molar-refractivity contribution in [3.05, 3.63) is 72.3 Å². The lowest BCUT2D eigenvalue weighted by atomic mass is 10.2. The van der Waals surface area contributed by atoms with Crippen molar-refractivity contribution >= 4 is 11.6 Å². The number of hydrogen-bond acceptors (Lipinski definition) is 4. The quantitative estimate of drug-likeness (QED) is 0.626. The lowest BCUT2D eigenvalue weighted by molar-refractivity contribution is -0.111. The van der Waals surface area contributed by atoms with E-state index >= 15 is 0 Å². The van der Waals surface area contributed by atoms with Crippen LogP contribution in [0.25, 0.3) is 0 Å². The van der Waals surface area contributed by atoms with Crippen LogP contribution in [0, 0.1) is 11.3 Å². The summed E-state index contributed by atoms with van der Waals surface area (Å²) in [6.45, 7) is 1.88. The van der Waals surface area contributed by atoms with Crippen molar-refractivity contribution in [1.82, 2.24) is 0 Å². The number of allylic oxidation sites excluding steroid dienone is 3. The summed E-state index contributed by atoms with van der Waals surface area (Å²) in [4.78, 5) is 11.7. The number of nitrogens with zero attached hydrogens (tertiary/aromatic N) is 1. The largest absolute Gasteiger partial charge is 0.493 e. The molecule has 0 atom stereocenters. The van der Waals surface area contributed by atoms with Gasteiger partial charge in [-0.1, -0.05) is 18.2 Å². The van der Waals surface area contributed by atoms with Crippen LogP contribution in [-0.4, -0.2) is 13.0 Å². The Morgan fingerprint density at radius 1 is 1.12 bits per heavy atom. The molecular formula is C20H18N2O3. The molecule has 0 aromatic heterocycles. The Morgan fingerprint density at radius 2 is 1.88 bits per heavy atom. The van der Waals surface area contributed by atoms with Crippen LogP contribution in [0.4, 0.5) is 5.69 Å². The van der Waals surface area contributed by atoms with Gasteiger partial charge in [0.1, 0.15) is 5.75 Å². The van der Waals surface area contributed by atoms with Gasteiger partial charge in [0.05, 0.1) is 18.7 Å². The van der Waals surface area contributed by atoms with E-state index in [4.69, 9.17) is 14.7 Å². The zero-order valence-electron chi connectivity index (χ0n) is 14.0. The molecule has 2 aromatic rings. The van der Waals surface area contributed by atoms with Crippen molar-refractivity contribution in [1.29, 1.82) is 5.26 Å². The average molecular weight is 334 g/mol. The summed E-state index contributed by atoms with van der Waals surface area (Å²) in [7, 11) is 1.52. The smallest absolute Gasteiger partial charge is 0.248 e. The Hall–Kier alpha value is -3.52. The number of hydrogen-bond donors (Lipinski definition) is 1. The monoisotopic (exact) mass is 334 g/mol. The molecule has 126 valence electrons. The molecule has 0 saturated heterocycles. The number of methoxy groups -OCH3 is 1. The van der Waals surface area contributed by atoms with Crippen molar-refractivity contribution < 1.29 is 14.3 Å². The molecule has 5 heteroatoms. The van der Waals surface area contributed by atoms with E-state index in [1.165, 1.54) is 13.2 Å². The number of anilines is 1. The van der Waals surface area contributed by atoms with E-state index in [9.17, 15) is 4.79 Å². The van der Waals surface area contributed by atoms with Crippen molar-refractivity contribution in [3.63, 3.8) is 0 Å². The number of carbonyl (C=O) groups is 1. The van der Waals surface area contributed by atoms with Crippen LogP contribution >= 0.6 is 0 Å². The van der Waals surface area contributed by atoms with Gasteiger partial charge in [0, 0.05) is 17.8 Å². The number of rotatable bonds is 6. The fourth-order valence-electron chi connectivity index (χ4n) is 1.99. The van der Waals surface area contributed by atoms with Crippen molar-refractivity contribution in [2.75, 3.05) is 12.4 Å². The van der Waals surface area contributed by atoms with Crippen molar-refractivity contribution in [3.8, 4) is 23.3 Å². The zero-order valence-corrected chi connectivity index (χ0v) is 14.0. The second kappa shape index (κ2) is 8.94. The Bertz CT molecular complexity index is 831. The van der Waals surface area contributed by atoms with Gasteiger partial charge in [-0.2, -0.15) is 5.26 Å². The fourth-order valence-corrected chi connectivity index (χ4v) is 1.99. The van der Waals surface area contributed by atoms with Gasteiger partial charge in [0.2, 0.25) is 5.91 Å². The first-order chi connectivity index (χ1) is 12.2. The summed E-state index contributed by atoms with van der Waals surface area (Å²) >= 11 is 0. The molecule has 5 nitrogen and oxygen atoms in total. The standard InChI is InChI=1S/C20H18N2O3/c1-3-4-5-6-20(23)22-16-8-10-17(11-9-16)25-18-12-7-15(14-21)13-19(18)24-2/h3-13H,1-2H3,(H,22,23). The normalized spacial score (nSPS) is 10.6. The maximum absolute atomic E-state index is 11.7. The van der Waals surface area contributed by atoms with Crippen LogP contribution in [0.1, 0.15) is 12.5 Å². The van der Waals surface area contributed by atoms with Gasteiger partial charge >= 0.3 is 0 Å². The highest BCUT2D eigenvalue weighted by Crippen LogP contribution is 2.32. The molecule has 0 saturated carbocycles. The fraction of sp³-hybridized carbons (Fsp3) is 0.100. The van der Waals surface area contributed by atoms with Crippen LogP contribution in [0.15, 0.2) is 66.8 Å². The number of ether oxygens (including phenoxy) is 2. The molecule has 0 aliphatic heterocycles. The molecule has 25 heavy (non-hydrogen) atoms. The van der Waals surface area contributed by atoms with Crippen LogP contribution in [0.3, 0.4) is 0 Å². The summed E-state index contributed by atoms with van der Waals surface area (Å²) in [5.41, 5.74) is 1.16. The van der Waals surface area contributed by atoms with E-state index in [0.29, 0.717) is 28.5 Å². The predicted molar refractivity (Wildman–Crippen MR) is 96.8 cm³/mol. The predicted octanol–water partition coefficient (Wildman–Crippen LogP) is 4.43. The number of amides is 1. The van der Waals surface area contributed by atoms with Gasteiger partial charge in [-0.05, 0) is 43.3 Å². The maximum atomic E-state index is 11.7. The first-order valence-corrected chi connectivity index (χ1v) is 7.62. The van der Waals surface area contributed by atoms with Crippen molar-refractivity contribution in [2.45, 2.75) is 6.92 Å². The van der Waals surface area contributed by atoms with Crippen LogP contribution in [0.2, 0.25) is 0 Å². The lowest BCUT2D eigenvalue weighted by Gasteiger charge is -2.11. The SMILES string of the molecule is CC=CC=CC(=O)Nc1ccc(Oc2ccc(C#N)cc2OC)cc1. The van der Waals surface area contributed by atoms with Gasteiger partial charge in [0.15, 0.2) is 11.5 Å². The second-order valence-electron chi connectivity index (χ2n) is 4.98. The van der Waals surface area contributed by atoms with E-state index in [-0.39, 0.29) is 5.91 Å². The molecule has 0 fully saturated rings. The first-order valence-electron chi connectivity index (χ1n) is 7.62. The highest BCUT2D eigenvalue weighted by Gasteiger charge is 2.07. The summed E-state index contributed by atoms with van der Waals surface area (Å²) in [6, 6.07) is 14.0. The Morgan fingerprint density at radius 3 is 2.52 bits per heavy atom. The number of nitrogens with one attached hydrogen (secondary N) is 1. The zero-order chi connectivity index (χ0) is 18.1. The highest BCUT2D eigenvalue weighted by molar-refractivity contribution is 5.99. The second-order valence-corrected chi connectivity index (χ2v) is 4.98. The summed E-state index contributed by atoms with van der Waals surface area (Å²) in [5.74, 6) is 1.36. The van der Waals surface area contributed by atoms with Crippen molar-refractivity contribution in [2.24, 2.45) is 0 Å². The molecule has 0 radical (unpaired) electrons. The minimum absolute atomic E-state index is 0.208. The van der Waals surface area contributed by atoms with Crippen LogP contribution in [0.5, 0.6) is 17.2 Å². The molecule has 2 aromatic carbocycles. The molecule has 0 bridgehead atoms. The lowest BCUT2D eigenvalue weighted by Crippen LogP contribution is -2.07. The molecule has 1 N–H and O–H groups in total. The minimum atomic E-state index is -0.208. The van der Waals surface area contributed by atoms with E-state index in [1.54, 1.807) is 54.6 Å². The number of carbonyl (C=O) groups excluding carboxylic acids is 1. The molecule has 0 heterocycles. The summed E-state index contributed by atoms with van der Waals surface area (Å²) in [5, 5.41) is 11.7. The third-order valence-electron chi connectivity index (χ3n) is 3.19. The Balaban J connectivity index is 2.06. The molecular weight excluding hydrogens is 316 g/mol. The Labute approximate surface area is 146 Å². The molecule has 2 rings (SSSR count). The molecule has 0 unspecified atom stereocenters. The van der Waals surface area contributed by atoms with E-state index in [0.717, 1.165) is 0 Å². The van der Waals surface area contributed by atoms with E-state index < -0.39 is 0 Å².